The van der Waals surface area contributed by atoms with Crippen molar-refractivity contribution in [2.24, 2.45) is 0 Å². The first-order valence-electron chi connectivity index (χ1n) is 6.17. The Bertz CT molecular complexity index is 698. The molecule has 7 nitrogen and oxygen atoms in total. The van der Waals surface area contributed by atoms with Crippen molar-refractivity contribution in [1.82, 2.24) is 29.5 Å². The summed E-state index contributed by atoms with van der Waals surface area (Å²) in [5.74, 6) is 0.466. The first kappa shape index (κ1) is 12.7. The molecule has 0 aliphatic rings. The van der Waals surface area contributed by atoms with Crippen LogP contribution in [0.2, 0.25) is 5.15 Å². The molecular formula is C12H12ClN7. The molecule has 0 atom stereocenters. The van der Waals surface area contributed by atoms with Gasteiger partial charge in [0.25, 0.3) is 0 Å². The SMILES string of the molecule is Clc1nc(NCCCn2ccnc2)nc2nccnc12. The second-order valence-electron chi connectivity index (χ2n) is 4.15. The van der Waals surface area contributed by atoms with Crippen molar-refractivity contribution in [1.29, 1.82) is 0 Å². The fourth-order valence-corrected chi connectivity index (χ4v) is 2.00. The summed E-state index contributed by atoms with van der Waals surface area (Å²) in [7, 11) is 0. The first-order chi connectivity index (χ1) is 9.83. The van der Waals surface area contributed by atoms with Crippen molar-refractivity contribution < 1.29 is 0 Å². The molecule has 0 amide bonds. The normalized spacial score (nSPS) is 10.8. The third-order valence-electron chi connectivity index (χ3n) is 2.73. The molecule has 102 valence electrons. The number of anilines is 1. The van der Waals surface area contributed by atoms with Gasteiger partial charge in [0.05, 0.1) is 6.33 Å². The van der Waals surface area contributed by atoms with Crippen LogP contribution in [0.5, 0.6) is 0 Å². The minimum Gasteiger partial charge on any atom is -0.354 e. The molecule has 3 heterocycles. The number of halogens is 1. The predicted molar refractivity (Wildman–Crippen MR) is 75.5 cm³/mol. The van der Waals surface area contributed by atoms with Crippen molar-refractivity contribution in [2.45, 2.75) is 13.0 Å². The van der Waals surface area contributed by atoms with E-state index in [-0.39, 0.29) is 0 Å². The van der Waals surface area contributed by atoms with Gasteiger partial charge in [0.15, 0.2) is 10.8 Å². The number of hydrogen-bond acceptors (Lipinski definition) is 6. The Morgan fingerprint density at radius 2 is 2.05 bits per heavy atom. The number of aromatic nitrogens is 6. The molecule has 0 fully saturated rings. The second-order valence-corrected chi connectivity index (χ2v) is 4.51. The summed E-state index contributed by atoms with van der Waals surface area (Å²) in [6.07, 6.45) is 9.55. The molecular weight excluding hydrogens is 278 g/mol. The van der Waals surface area contributed by atoms with Gasteiger partial charge in [-0.1, -0.05) is 11.6 Å². The van der Waals surface area contributed by atoms with Gasteiger partial charge in [-0.25, -0.2) is 15.0 Å². The van der Waals surface area contributed by atoms with Crippen LogP contribution in [0.4, 0.5) is 5.95 Å². The molecule has 0 spiro atoms. The van der Waals surface area contributed by atoms with Gasteiger partial charge in [-0.15, -0.1) is 0 Å². The van der Waals surface area contributed by atoms with Gasteiger partial charge in [-0.05, 0) is 6.42 Å². The number of fused-ring (bicyclic) bond motifs is 1. The number of aryl methyl sites for hydroxylation is 1. The Morgan fingerprint density at radius 1 is 1.15 bits per heavy atom. The van der Waals surface area contributed by atoms with Crippen molar-refractivity contribution >= 4 is 28.7 Å². The zero-order valence-corrected chi connectivity index (χ0v) is 11.3. The van der Waals surface area contributed by atoms with Crippen molar-refractivity contribution in [2.75, 3.05) is 11.9 Å². The van der Waals surface area contributed by atoms with E-state index in [0.717, 1.165) is 19.5 Å². The van der Waals surface area contributed by atoms with Crippen LogP contribution in [0.25, 0.3) is 11.2 Å². The largest absolute Gasteiger partial charge is 0.354 e. The second kappa shape index (κ2) is 5.79. The molecule has 0 saturated heterocycles. The van der Waals surface area contributed by atoms with Crippen LogP contribution < -0.4 is 5.32 Å². The highest BCUT2D eigenvalue weighted by molar-refractivity contribution is 6.33. The molecule has 3 aromatic heterocycles. The molecule has 8 heteroatoms. The molecule has 1 N–H and O–H groups in total. The van der Waals surface area contributed by atoms with Gasteiger partial charge in [-0.2, -0.15) is 9.97 Å². The first-order valence-corrected chi connectivity index (χ1v) is 6.54. The zero-order valence-electron chi connectivity index (χ0n) is 10.6. The summed E-state index contributed by atoms with van der Waals surface area (Å²) in [6.45, 7) is 1.62. The number of imidazole rings is 1. The van der Waals surface area contributed by atoms with E-state index in [4.69, 9.17) is 11.6 Å². The fraction of sp³-hybridized carbons (Fsp3) is 0.250. The summed E-state index contributed by atoms with van der Waals surface area (Å²) >= 11 is 6.05. The third-order valence-corrected chi connectivity index (χ3v) is 2.99. The zero-order chi connectivity index (χ0) is 13.8. The van der Waals surface area contributed by atoms with E-state index >= 15 is 0 Å². The summed E-state index contributed by atoms with van der Waals surface area (Å²) in [5.41, 5.74) is 1.00. The standard InChI is InChI=1S/C12H12ClN7/c13-10-9-11(16-4-3-15-9)19-12(18-10)17-2-1-6-20-7-5-14-8-20/h3-5,7-8H,1-2,6H2,(H,16,17,18,19). The summed E-state index contributed by atoms with van der Waals surface area (Å²) in [5, 5.41) is 3.44. The van der Waals surface area contributed by atoms with Gasteiger partial charge in [0.2, 0.25) is 5.95 Å². The van der Waals surface area contributed by atoms with Crippen LogP contribution in [0.1, 0.15) is 6.42 Å². The average Bonchev–Trinajstić information content (AvgIpc) is 2.97. The van der Waals surface area contributed by atoms with E-state index in [1.165, 1.54) is 0 Å². The molecule has 0 aliphatic carbocycles. The van der Waals surface area contributed by atoms with Gasteiger partial charge in [0, 0.05) is 37.9 Å². The maximum absolute atomic E-state index is 6.05. The Kier molecular flexibility index (Phi) is 3.69. The Morgan fingerprint density at radius 3 is 2.90 bits per heavy atom. The van der Waals surface area contributed by atoms with E-state index in [1.807, 2.05) is 10.8 Å². The number of rotatable bonds is 5. The molecule has 0 radical (unpaired) electrons. The fourth-order valence-electron chi connectivity index (χ4n) is 1.79. The maximum Gasteiger partial charge on any atom is 0.226 e. The monoisotopic (exact) mass is 289 g/mol. The summed E-state index contributed by atoms with van der Waals surface area (Å²) in [4.78, 5) is 20.6. The molecule has 0 aromatic carbocycles. The van der Waals surface area contributed by atoms with E-state index < -0.39 is 0 Å². The van der Waals surface area contributed by atoms with E-state index in [0.29, 0.717) is 22.3 Å². The Labute approximate surface area is 120 Å². The minimum absolute atomic E-state index is 0.306. The predicted octanol–water partition coefficient (Wildman–Crippen LogP) is 1.77. The lowest BCUT2D eigenvalue weighted by atomic mass is 10.4. The van der Waals surface area contributed by atoms with E-state index in [2.05, 4.69) is 30.2 Å². The van der Waals surface area contributed by atoms with Gasteiger partial charge in [0.1, 0.15) is 5.52 Å². The summed E-state index contributed by atoms with van der Waals surface area (Å²) < 4.78 is 2.02. The van der Waals surface area contributed by atoms with Gasteiger partial charge in [-0.3, -0.25) is 0 Å². The number of hydrogen-bond donors (Lipinski definition) is 1. The minimum atomic E-state index is 0.306. The molecule has 3 rings (SSSR count). The van der Waals surface area contributed by atoms with Crippen molar-refractivity contribution in [3.05, 3.63) is 36.3 Å². The summed E-state index contributed by atoms with van der Waals surface area (Å²) in [6, 6.07) is 0. The van der Waals surface area contributed by atoms with Gasteiger partial charge < -0.3 is 9.88 Å². The molecule has 0 bridgehead atoms. The molecule has 0 saturated carbocycles. The highest BCUT2D eigenvalue weighted by Gasteiger charge is 2.07. The molecule has 0 aliphatic heterocycles. The quantitative estimate of drug-likeness (QED) is 0.569. The van der Waals surface area contributed by atoms with Crippen LogP contribution >= 0.6 is 11.6 Å². The lowest BCUT2D eigenvalue weighted by molar-refractivity contribution is 0.659. The average molecular weight is 290 g/mol. The van der Waals surface area contributed by atoms with Crippen LogP contribution in [0, 0.1) is 0 Å². The maximum atomic E-state index is 6.05. The van der Waals surface area contributed by atoms with Crippen LogP contribution in [-0.2, 0) is 6.54 Å². The van der Waals surface area contributed by atoms with Gasteiger partial charge >= 0.3 is 0 Å². The molecule has 3 aromatic rings. The smallest absolute Gasteiger partial charge is 0.226 e. The molecule has 20 heavy (non-hydrogen) atoms. The lowest BCUT2D eigenvalue weighted by Crippen LogP contribution is -2.09. The van der Waals surface area contributed by atoms with Crippen molar-refractivity contribution in [3.8, 4) is 0 Å². The number of nitrogens with one attached hydrogen (secondary N) is 1. The highest BCUT2D eigenvalue weighted by atomic mass is 35.5. The third kappa shape index (κ3) is 2.83. The van der Waals surface area contributed by atoms with E-state index in [9.17, 15) is 0 Å². The Balaban J connectivity index is 1.63. The molecule has 0 unspecified atom stereocenters. The van der Waals surface area contributed by atoms with Crippen molar-refractivity contribution in [3.63, 3.8) is 0 Å². The van der Waals surface area contributed by atoms with Crippen LogP contribution in [-0.4, -0.2) is 36.0 Å². The van der Waals surface area contributed by atoms with Crippen LogP contribution in [0.3, 0.4) is 0 Å². The van der Waals surface area contributed by atoms with Crippen LogP contribution in [0.15, 0.2) is 31.1 Å². The number of nitrogens with zero attached hydrogens (tertiary/aromatic N) is 6. The lowest BCUT2D eigenvalue weighted by Gasteiger charge is -2.06. The topological polar surface area (TPSA) is 81.4 Å². The van der Waals surface area contributed by atoms with E-state index in [1.54, 1.807) is 24.9 Å². The highest BCUT2D eigenvalue weighted by Crippen LogP contribution is 2.17. The Hall–Kier alpha value is -2.28.